The fourth-order valence-electron chi connectivity index (χ4n) is 1.55. The van der Waals surface area contributed by atoms with Crippen LogP contribution < -0.4 is 5.06 Å². The van der Waals surface area contributed by atoms with E-state index in [1.807, 2.05) is 42.3 Å². The monoisotopic (exact) mass is 193 g/mol. The Kier molecular flexibility index (Phi) is 3.01. The Morgan fingerprint density at radius 1 is 1.43 bits per heavy atom. The van der Waals surface area contributed by atoms with Crippen LogP contribution in [0.15, 0.2) is 30.3 Å². The van der Waals surface area contributed by atoms with Crippen LogP contribution in [-0.2, 0) is 9.57 Å². The van der Waals surface area contributed by atoms with Gasteiger partial charge < -0.3 is 4.74 Å². The van der Waals surface area contributed by atoms with Crippen molar-refractivity contribution in [3.8, 4) is 0 Å². The van der Waals surface area contributed by atoms with Crippen LogP contribution in [0.1, 0.15) is 13.3 Å². The van der Waals surface area contributed by atoms with Crippen molar-refractivity contribution >= 4 is 5.69 Å². The Labute approximate surface area is 84.2 Å². The number of nitrogens with zero attached hydrogens (tertiary/aromatic N) is 1. The third-order valence-corrected chi connectivity index (χ3v) is 2.21. The van der Waals surface area contributed by atoms with Crippen LogP contribution in [0.25, 0.3) is 0 Å². The van der Waals surface area contributed by atoms with Crippen molar-refractivity contribution in [2.45, 2.75) is 19.6 Å². The second-order valence-electron chi connectivity index (χ2n) is 3.22. The van der Waals surface area contributed by atoms with Gasteiger partial charge in [0.05, 0.1) is 12.2 Å². The molecule has 1 aliphatic rings. The molecular formula is C11H15NO2. The van der Waals surface area contributed by atoms with E-state index in [0.29, 0.717) is 6.61 Å². The quantitative estimate of drug-likeness (QED) is 0.734. The molecule has 0 saturated carbocycles. The average Bonchev–Trinajstić information content (AvgIpc) is 2.68. The second kappa shape index (κ2) is 4.44. The first kappa shape index (κ1) is 9.49. The van der Waals surface area contributed by atoms with Crippen molar-refractivity contribution in [2.75, 3.05) is 18.2 Å². The highest BCUT2D eigenvalue weighted by molar-refractivity contribution is 5.43. The molecule has 0 radical (unpaired) electrons. The summed E-state index contributed by atoms with van der Waals surface area (Å²) in [5, 5.41) is 1.89. The molecule has 1 saturated heterocycles. The van der Waals surface area contributed by atoms with E-state index in [9.17, 15) is 0 Å². The van der Waals surface area contributed by atoms with Gasteiger partial charge in [-0.2, -0.15) is 0 Å². The van der Waals surface area contributed by atoms with E-state index in [1.165, 1.54) is 0 Å². The zero-order chi connectivity index (χ0) is 9.80. The van der Waals surface area contributed by atoms with Gasteiger partial charge in [0.25, 0.3) is 0 Å². The minimum absolute atomic E-state index is 0.0693. The largest absolute Gasteiger partial charge is 0.350 e. The minimum Gasteiger partial charge on any atom is -0.350 e. The van der Waals surface area contributed by atoms with E-state index in [2.05, 4.69) is 0 Å². The van der Waals surface area contributed by atoms with Crippen LogP contribution in [0.2, 0.25) is 0 Å². The number of benzene rings is 1. The van der Waals surface area contributed by atoms with Gasteiger partial charge in [-0.05, 0) is 19.1 Å². The number of ether oxygens (including phenoxy) is 1. The van der Waals surface area contributed by atoms with Crippen LogP contribution >= 0.6 is 0 Å². The molecule has 0 aromatic heterocycles. The van der Waals surface area contributed by atoms with E-state index in [1.54, 1.807) is 0 Å². The first-order chi connectivity index (χ1) is 6.90. The molecule has 1 heterocycles. The Morgan fingerprint density at radius 3 is 2.93 bits per heavy atom. The lowest BCUT2D eigenvalue weighted by molar-refractivity contribution is -0.115. The van der Waals surface area contributed by atoms with Crippen LogP contribution in [0, 0.1) is 0 Å². The van der Waals surface area contributed by atoms with Gasteiger partial charge in [-0.3, -0.25) is 5.06 Å². The third kappa shape index (κ3) is 2.05. The van der Waals surface area contributed by atoms with E-state index in [-0.39, 0.29) is 6.29 Å². The summed E-state index contributed by atoms with van der Waals surface area (Å²) in [4.78, 5) is 5.60. The van der Waals surface area contributed by atoms with Gasteiger partial charge in [0.1, 0.15) is 0 Å². The van der Waals surface area contributed by atoms with Crippen molar-refractivity contribution in [3.05, 3.63) is 30.3 Å². The molecule has 0 bridgehead atoms. The summed E-state index contributed by atoms with van der Waals surface area (Å²) in [6, 6.07) is 10.1. The molecule has 1 aliphatic heterocycles. The molecule has 2 rings (SSSR count). The fraction of sp³-hybridized carbons (Fsp3) is 0.455. The van der Waals surface area contributed by atoms with Gasteiger partial charge in [-0.1, -0.05) is 18.2 Å². The second-order valence-corrected chi connectivity index (χ2v) is 3.22. The Balaban J connectivity index is 1.96. The van der Waals surface area contributed by atoms with Gasteiger partial charge in [0, 0.05) is 13.0 Å². The summed E-state index contributed by atoms with van der Waals surface area (Å²) in [5.41, 5.74) is 1.09. The zero-order valence-electron chi connectivity index (χ0n) is 8.35. The number of para-hydroxylation sites is 1. The molecule has 76 valence electrons. The molecule has 0 spiro atoms. The Morgan fingerprint density at radius 2 is 2.21 bits per heavy atom. The van der Waals surface area contributed by atoms with Crippen LogP contribution in [0.5, 0.6) is 0 Å². The van der Waals surface area contributed by atoms with E-state index in [4.69, 9.17) is 9.57 Å². The third-order valence-electron chi connectivity index (χ3n) is 2.21. The molecule has 0 aliphatic carbocycles. The van der Waals surface area contributed by atoms with Crippen molar-refractivity contribution < 1.29 is 9.57 Å². The maximum absolute atomic E-state index is 5.60. The summed E-state index contributed by atoms with van der Waals surface area (Å²) in [6.45, 7) is 3.58. The maximum Gasteiger partial charge on any atom is 0.185 e. The van der Waals surface area contributed by atoms with Crippen molar-refractivity contribution in [3.63, 3.8) is 0 Å². The van der Waals surface area contributed by atoms with Gasteiger partial charge >= 0.3 is 0 Å². The number of rotatable bonds is 3. The number of hydroxylamine groups is 1. The molecule has 3 nitrogen and oxygen atoms in total. The number of hydrogen-bond donors (Lipinski definition) is 0. The predicted molar refractivity (Wildman–Crippen MR) is 54.9 cm³/mol. The van der Waals surface area contributed by atoms with Gasteiger partial charge in [-0.25, -0.2) is 4.84 Å². The van der Waals surface area contributed by atoms with Gasteiger partial charge in [0.2, 0.25) is 0 Å². The van der Waals surface area contributed by atoms with E-state index in [0.717, 1.165) is 18.7 Å². The molecule has 0 amide bonds. The van der Waals surface area contributed by atoms with Crippen molar-refractivity contribution in [2.24, 2.45) is 0 Å². The highest BCUT2D eigenvalue weighted by Crippen LogP contribution is 2.22. The molecule has 1 unspecified atom stereocenters. The lowest BCUT2D eigenvalue weighted by atomic mass is 10.3. The highest BCUT2D eigenvalue weighted by atomic mass is 16.8. The normalized spacial score (nSPS) is 21.5. The first-order valence-corrected chi connectivity index (χ1v) is 5.01. The average molecular weight is 193 g/mol. The van der Waals surface area contributed by atoms with Crippen molar-refractivity contribution in [1.29, 1.82) is 0 Å². The summed E-state index contributed by atoms with van der Waals surface area (Å²) >= 11 is 0. The first-order valence-electron chi connectivity index (χ1n) is 5.01. The number of hydrogen-bond acceptors (Lipinski definition) is 3. The zero-order valence-corrected chi connectivity index (χ0v) is 8.35. The molecule has 1 aromatic carbocycles. The predicted octanol–water partition coefficient (Wildman–Crippen LogP) is 2.19. The Bertz CT molecular complexity index is 276. The molecular weight excluding hydrogens is 178 g/mol. The maximum atomic E-state index is 5.60. The molecule has 1 aromatic rings. The lowest BCUT2D eigenvalue weighted by Gasteiger charge is -2.17. The summed E-state index contributed by atoms with van der Waals surface area (Å²) < 4.78 is 5.39. The van der Waals surface area contributed by atoms with Crippen molar-refractivity contribution in [1.82, 2.24) is 0 Å². The summed E-state index contributed by atoms with van der Waals surface area (Å²) in [5.74, 6) is 0. The Hall–Kier alpha value is -1.06. The van der Waals surface area contributed by atoms with E-state index >= 15 is 0 Å². The minimum atomic E-state index is -0.0693. The SMILES string of the molecule is CCOC1CCN(c2ccccc2)O1. The summed E-state index contributed by atoms with van der Waals surface area (Å²) in [7, 11) is 0. The number of anilines is 1. The molecule has 1 atom stereocenters. The van der Waals surface area contributed by atoms with Gasteiger partial charge in [0.15, 0.2) is 6.29 Å². The van der Waals surface area contributed by atoms with Gasteiger partial charge in [-0.15, -0.1) is 0 Å². The fourth-order valence-corrected chi connectivity index (χ4v) is 1.55. The summed E-state index contributed by atoms with van der Waals surface area (Å²) in [6.07, 6.45) is 0.864. The smallest absolute Gasteiger partial charge is 0.185 e. The van der Waals surface area contributed by atoms with E-state index < -0.39 is 0 Å². The molecule has 14 heavy (non-hydrogen) atoms. The van der Waals surface area contributed by atoms with Crippen LogP contribution in [-0.4, -0.2) is 19.4 Å². The standard InChI is InChI=1S/C11H15NO2/c1-2-13-11-8-9-12(14-11)10-6-4-3-5-7-10/h3-7,11H,2,8-9H2,1H3. The van der Waals surface area contributed by atoms with Crippen LogP contribution in [0.4, 0.5) is 5.69 Å². The topological polar surface area (TPSA) is 21.7 Å². The molecule has 1 fully saturated rings. The van der Waals surface area contributed by atoms with Crippen LogP contribution in [0.3, 0.4) is 0 Å². The molecule has 0 N–H and O–H groups in total. The highest BCUT2D eigenvalue weighted by Gasteiger charge is 2.23. The lowest BCUT2D eigenvalue weighted by Crippen LogP contribution is -2.19. The molecule has 3 heteroatoms.